The number of nitrogens with zero attached hydrogens (tertiary/aromatic N) is 5. The third kappa shape index (κ3) is 2.29. The van der Waals surface area contributed by atoms with Crippen molar-refractivity contribution in [2.75, 3.05) is 7.11 Å². The molecule has 0 bridgehead atoms. The van der Waals surface area contributed by atoms with Gasteiger partial charge < -0.3 is 9.72 Å². The van der Waals surface area contributed by atoms with Gasteiger partial charge in [-0.3, -0.25) is 19.6 Å². The van der Waals surface area contributed by atoms with Crippen molar-refractivity contribution in [3.05, 3.63) is 38.4 Å². The molecule has 0 amide bonds. The third-order valence-corrected chi connectivity index (χ3v) is 3.36. The number of methoxy groups -OCH3 is 1. The van der Waals surface area contributed by atoms with Crippen molar-refractivity contribution in [2.24, 2.45) is 7.05 Å². The Morgan fingerprint density at radius 1 is 1.43 bits per heavy atom. The van der Waals surface area contributed by atoms with Crippen molar-refractivity contribution < 1.29 is 9.66 Å². The smallest absolute Gasteiger partial charge is 0.288 e. The number of ether oxygens (including phenoxy) is 1. The molecule has 0 unspecified atom stereocenters. The zero-order valence-electron chi connectivity index (χ0n) is 12.5. The van der Waals surface area contributed by atoms with E-state index in [-0.39, 0.29) is 23.0 Å². The van der Waals surface area contributed by atoms with Crippen LogP contribution in [0.4, 0.5) is 5.69 Å². The molecule has 0 radical (unpaired) electrons. The monoisotopic (exact) mass is 316 g/mol. The molecular formula is C13H12N6O4. The zero-order chi connectivity index (χ0) is 16.7. The number of aromatic nitrogens is 5. The Morgan fingerprint density at radius 3 is 2.83 bits per heavy atom. The SMILES string of the molecule is COc1ncc([N+](=O)[O-])cc1-c1nc2c(C)nn(C)c2c(=O)[nH]1. The number of fused-ring (bicyclic) bond motifs is 1. The minimum atomic E-state index is -0.581. The van der Waals surface area contributed by atoms with E-state index < -0.39 is 10.5 Å². The van der Waals surface area contributed by atoms with Gasteiger partial charge in [-0.25, -0.2) is 9.97 Å². The van der Waals surface area contributed by atoms with Crippen LogP contribution in [0.15, 0.2) is 17.1 Å². The summed E-state index contributed by atoms with van der Waals surface area (Å²) in [4.78, 5) is 33.5. The molecule has 10 nitrogen and oxygen atoms in total. The van der Waals surface area contributed by atoms with Crippen LogP contribution in [-0.2, 0) is 7.05 Å². The molecule has 23 heavy (non-hydrogen) atoms. The van der Waals surface area contributed by atoms with Gasteiger partial charge in [0.2, 0.25) is 5.88 Å². The topological polar surface area (TPSA) is 129 Å². The maximum Gasteiger partial charge on any atom is 0.288 e. The fourth-order valence-corrected chi connectivity index (χ4v) is 2.34. The van der Waals surface area contributed by atoms with Gasteiger partial charge >= 0.3 is 0 Å². The molecule has 0 atom stereocenters. The molecule has 3 heterocycles. The van der Waals surface area contributed by atoms with E-state index in [0.29, 0.717) is 16.7 Å². The predicted molar refractivity (Wildman–Crippen MR) is 80.3 cm³/mol. The maximum absolute atomic E-state index is 12.3. The second-order valence-electron chi connectivity index (χ2n) is 4.83. The normalized spacial score (nSPS) is 10.9. The molecule has 0 aliphatic heterocycles. The largest absolute Gasteiger partial charge is 0.480 e. The molecule has 0 saturated carbocycles. The molecule has 1 N–H and O–H groups in total. The van der Waals surface area contributed by atoms with Crippen molar-refractivity contribution in [1.29, 1.82) is 0 Å². The molecule has 10 heteroatoms. The van der Waals surface area contributed by atoms with Crippen LogP contribution in [0.25, 0.3) is 22.4 Å². The summed E-state index contributed by atoms with van der Waals surface area (Å²) in [5.74, 6) is 0.256. The molecule has 3 rings (SSSR count). The summed E-state index contributed by atoms with van der Waals surface area (Å²) in [6.45, 7) is 1.72. The zero-order valence-corrected chi connectivity index (χ0v) is 12.5. The Balaban J connectivity index is 2.32. The van der Waals surface area contributed by atoms with Gasteiger partial charge in [0.15, 0.2) is 5.52 Å². The molecule has 118 valence electrons. The summed E-state index contributed by atoms with van der Waals surface area (Å²) in [5, 5.41) is 15.1. The predicted octanol–water partition coefficient (Wildman–Crippen LogP) is 0.944. The van der Waals surface area contributed by atoms with Crippen LogP contribution in [0.2, 0.25) is 0 Å². The first-order valence-corrected chi connectivity index (χ1v) is 6.54. The van der Waals surface area contributed by atoms with Gasteiger partial charge in [-0.05, 0) is 6.92 Å². The molecule has 0 aliphatic rings. The molecular weight excluding hydrogens is 304 g/mol. The third-order valence-electron chi connectivity index (χ3n) is 3.36. The highest BCUT2D eigenvalue weighted by Gasteiger charge is 2.19. The van der Waals surface area contributed by atoms with E-state index in [1.807, 2.05) is 0 Å². The van der Waals surface area contributed by atoms with E-state index >= 15 is 0 Å². The van der Waals surface area contributed by atoms with Crippen molar-refractivity contribution >= 4 is 16.7 Å². The number of H-pyrrole nitrogens is 1. The molecule has 3 aromatic rings. The number of hydrogen-bond donors (Lipinski definition) is 1. The number of pyridine rings is 1. The first kappa shape index (κ1) is 14.6. The van der Waals surface area contributed by atoms with Crippen molar-refractivity contribution in [3.8, 4) is 17.3 Å². The number of rotatable bonds is 3. The van der Waals surface area contributed by atoms with Crippen molar-refractivity contribution in [2.45, 2.75) is 6.92 Å². The van der Waals surface area contributed by atoms with E-state index in [2.05, 4.69) is 20.1 Å². The van der Waals surface area contributed by atoms with Gasteiger partial charge in [0, 0.05) is 13.1 Å². The second kappa shape index (κ2) is 5.16. The molecule has 0 aliphatic carbocycles. The number of aryl methyl sites for hydroxylation is 2. The van der Waals surface area contributed by atoms with Crippen LogP contribution in [0.3, 0.4) is 0 Å². The highest BCUT2D eigenvalue weighted by atomic mass is 16.6. The maximum atomic E-state index is 12.3. The van der Waals surface area contributed by atoms with E-state index in [0.717, 1.165) is 6.20 Å². The van der Waals surface area contributed by atoms with Crippen LogP contribution in [-0.4, -0.2) is 36.8 Å². The molecule has 0 aromatic carbocycles. The van der Waals surface area contributed by atoms with Crippen LogP contribution in [0, 0.1) is 17.0 Å². The summed E-state index contributed by atoms with van der Waals surface area (Å²) in [6, 6.07) is 1.25. The first-order valence-electron chi connectivity index (χ1n) is 6.54. The lowest BCUT2D eigenvalue weighted by Crippen LogP contribution is -2.13. The second-order valence-corrected chi connectivity index (χ2v) is 4.83. The van der Waals surface area contributed by atoms with E-state index in [1.54, 1.807) is 14.0 Å². The Hall–Kier alpha value is -3.30. The van der Waals surface area contributed by atoms with Gasteiger partial charge in [-0.15, -0.1) is 0 Å². The first-order chi connectivity index (χ1) is 10.9. The van der Waals surface area contributed by atoms with E-state index in [4.69, 9.17) is 4.74 Å². The van der Waals surface area contributed by atoms with Crippen molar-refractivity contribution in [1.82, 2.24) is 24.7 Å². The van der Waals surface area contributed by atoms with Crippen molar-refractivity contribution in [3.63, 3.8) is 0 Å². The average Bonchev–Trinajstić information content (AvgIpc) is 2.81. The van der Waals surface area contributed by atoms with Gasteiger partial charge in [0.25, 0.3) is 11.2 Å². The lowest BCUT2D eigenvalue weighted by molar-refractivity contribution is -0.385. The fourth-order valence-electron chi connectivity index (χ4n) is 2.34. The van der Waals surface area contributed by atoms with Crippen LogP contribution < -0.4 is 10.3 Å². The number of nitrogens with one attached hydrogen (secondary N) is 1. The van der Waals surface area contributed by atoms with Gasteiger partial charge in [0.1, 0.15) is 17.5 Å². The number of nitro groups is 1. The Bertz CT molecular complexity index is 990. The molecule has 3 aromatic heterocycles. The average molecular weight is 316 g/mol. The van der Waals surface area contributed by atoms with Crippen LogP contribution >= 0.6 is 0 Å². The molecule has 0 saturated heterocycles. The Labute approximate surface area is 128 Å². The van der Waals surface area contributed by atoms with Gasteiger partial charge in [-0.2, -0.15) is 5.10 Å². The number of aromatic amines is 1. The standard InChI is InChI=1S/C13H12N6O4/c1-6-9-10(18(2)17-6)12(20)16-11(15-9)8-4-7(19(21)22)5-14-13(8)23-3/h4-5H,1-3H3,(H,15,16,20). The lowest BCUT2D eigenvalue weighted by atomic mass is 10.2. The van der Waals surface area contributed by atoms with Crippen LogP contribution in [0.1, 0.15) is 5.69 Å². The lowest BCUT2D eigenvalue weighted by Gasteiger charge is -2.06. The summed E-state index contributed by atoms with van der Waals surface area (Å²) in [7, 11) is 3.02. The summed E-state index contributed by atoms with van der Waals surface area (Å²) in [6.07, 6.45) is 1.08. The molecule has 0 fully saturated rings. The van der Waals surface area contributed by atoms with E-state index in [1.165, 1.54) is 17.9 Å². The highest BCUT2D eigenvalue weighted by Crippen LogP contribution is 2.29. The minimum Gasteiger partial charge on any atom is -0.480 e. The van der Waals surface area contributed by atoms with Crippen LogP contribution in [0.5, 0.6) is 5.88 Å². The Kier molecular flexibility index (Phi) is 3.28. The summed E-state index contributed by atoms with van der Waals surface area (Å²) < 4.78 is 6.54. The summed E-state index contributed by atoms with van der Waals surface area (Å²) >= 11 is 0. The van der Waals surface area contributed by atoms with Gasteiger partial charge in [-0.1, -0.05) is 0 Å². The van der Waals surface area contributed by atoms with E-state index in [9.17, 15) is 14.9 Å². The summed E-state index contributed by atoms with van der Waals surface area (Å²) in [5.41, 5.74) is 0.910. The fraction of sp³-hybridized carbons (Fsp3) is 0.231. The molecule has 0 spiro atoms. The highest BCUT2D eigenvalue weighted by molar-refractivity contribution is 5.79. The number of hydrogen-bond acceptors (Lipinski definition) is 7. The quantitative estimate of drug-likeness (QED) is 0.562. The van der Waals surface area contributed by atoms with Gasteiger partial charge in [0.05, 0.1) is 23.3 Å². The minimum absolute atomic E-state index is 0.125. The Morgan fingerprint density at radius 2 is 2.17 bits per heavy atom.